The van der Waals surface area contributed by atoms with Crippen molar-refractivity contribution in [2.24, 2.45) is 0 Å². The summed E-state index contributed by atoms with van der Waals surface area (Å²) >= 11 is 6.24. The number of piperidine rings is 1. The third kappa shape index (κ3) is 2.01. The van der Waals surface area contributed by atoms with Gasteiger partial charge in [-0.1, -0.05) is 0 Å². The molecule has 2 aliphatic heterocycles. The van der Waals surface area contributed by atoms with Gasteiger partial charge in [0.2, 0.25) is 0 Å². The second kappa shape index (κ2) is 4.54. The summed E-state index contributed by atoms with van der Waals surface area (Å²) in [5.74, 6) is 0.127. The standard InChI is InChI=1S/C14H17ClN2O/c1-9-4-10(8-16-7-9)14(18)17-12-2-3-13(17)6-11(15)5-12/h4,7-8,11-13H,2-3,5-6H2,1H3. The molecule has 0 spiro atoms. The highest BCUT2D eigenvalue weighted by Crippen LogP contribution is 2.38. The molecule has 2 saturated heterocycles. The molecule has 3 nitrogen and oxygen atoms in total. The Morgan fingerprint density at radius 2 is 2.00 bits per heavy atom. The minimum Gasteiger partial charge on any atom is -0.333 e. The van der Waals surface area contributed by atoms with Gasteiger partial charge in [0.15, 0.2) is 0 Å². The van der Waals surface area contributed by atoms with Crippen molar-refractivity contribution in [2.45, 2.75) is 50.1 Å². The Morgan fingerprint density at radius 1 is 1.33 bits per heavy atom. The van der Waals surface area contributed by atoms with Crippen LogP contribution in [0.15, 0.2) is 18.5 Å². The van der Waals surface area contributed by atoms with Crippen molar-refractivity contribution in [3.8, 4) is 0 Å². The van der Waals surface area contributed by atoms with Crippen LogP contribution in [0.2, 0.25) is 0 Å². The van der Waals surface area contributed by atoms with Gasteiger partial charge in [0, 0.05) is 29.9 Å². The van der Waals surface area contributed by atoms with Crippen molar-refractivity contribution in [3.63, 3.8) is 0 Å². The van der Waals surface area contributed by atoms with Gasteiger partial charge in [-0.25, -0.2) is 0 Å². The number of aromatic nitrogens is 1. The Bertz CT molecular complexity index is 463. The number of hydrogen-bond donors (Lipinski definition) is 0. The number of amides is 1. The Morgan fingerprint density at radius 3 is 2.61 bits per heavy atom. The summed E-state index contributed by atoms with van der Waals surface area (Å²) in [6.07, 6.45) is 7.50. The highest BCUT2D eigenvalue weighted by Gasteiger charge is 2.42. The van der Waals surface area contributed by atoms with Gasteiger partial charge < -0.3 is 4.90 Å². The molecule has 2 bridgehead atoms. The molecule has 18 heavy (non-hydrogen) atoms. The summed E-state index contributed by atoms with van der Waals surface area (Å²) in [6.45, 7) is 1.96. The predicted octanol–water partition coefficient (Wildman–Crippen LogP) is 2.76. The molecule has 1 aromatic heterocycles. The highest BCUT2D eigenvalue weighted by atomic mass is 35.5. The first kappa shape index (κ1) is 12.0. The molecule has 4 heteroatoms. The Hall–Kier alpha value is -1.09. The van der Waals surface area contributed by atoms with Gasteiger partial charge in [-0.2, -0.15) is 0 Å². The zero-order chi connectivity index (χ0) is 12.7. The van der Waals surface area contributed by atoms with Crippen LogP contribution in [0.25, 0.3) is 0 Å². The van der Waals surface area contributed by atoms with Crippen LogP contribution in [0.1, 0.15) is 41.6 Å². The lowest BCUT2D eigenvalue weighted by molar-refractivity contribution is 0.0599. The molecule has 1 amide bonds. The van der Waals surface area contributed by atoms with Crippen molar-refractivity contribution in [2.75, 3.05) is 0 Å². The van der Waals surface area contributed by atoms with E-state index in [-0.39, 0.29) is 11.3 Å². The highest BCUT2D eigenvalue weighted by molar-refractivity contribution is 6.20. The number of halogens is 1. The fourth-order valence-electron chi connectivity index (χ4n) is 3.26. The summed E-state index contributed by atoms with van der Waals surface area (Å²) in [5, 5.41) is 0.238. The molecule has 0 saturated carbocycles. The largest absolute Gasteiger partial charge is 0.333 e. The quantitative estimate of drug-likeness (QED) is 0.731. The van der Waals surface area contributed by atoms with Gasteiger partial charge in [-0.3, -0.25) is 9.78 Å². The molecule has 0 aliphatic carbocycles. The molecule has 0 radical (unpaired) electrons. The van der Waals surface area contributed by atoms with Gasteiger partial charge in [0.25, 0.3) is 5.91 Å². The Kier molecular flexibility index (Phi) is 3.02. The van der Waals surface area contributed by atoms with E-state index >= 15 is 0 Å². The number of carbonyl (C=O) groups excluding carboxylic acids is 1. The number of nitrogens with zero attached hydrogens (tertiary/aromatic N) is 2. The van der Waals surface area contributed by atoms with E-state index in [0.29, 0.717) is 17.6 Å². The minimum atomic E-state index is 0.127. The maximum absolute atomic E-state index is 12.6. The Balaban J connectivity index is 1.85. The number of fused-ring (bicyclic) bond motifs is 2. The first-order valence-corrected chi connectivity index (χ1v) is 6.97. The summed E-state index contributed by atoms with van der Waals surface area (Å²) in [4.78, 5) is 18.7. The van der Waals surface area contributed by atoms with Crippen molar-refractivity contribution < 1.29 is 4.79 Å². The summed E-state index contributed by atoms with van der Waals surface area (Å²) in [5.41, 5.74) is 1.74. The van der Waals surface area contributed by atoms with Crippen LogP contribution in [-0.4, -0.2) is 33.3 Å². The molecular formula is C14H17ClN2O. The van der Waals surface area contributed by atoms with Crippen molar-refractivity contribution in [1.82, 2.24) is 9.88 Å². The second-order valence-electron chi connectivity index (χ2n) is 5.42. The van der Waals surface area contributed by atoms with Crippen LogP contribution in [0, 0.1) is 6.92 Å². The number of pyridine rings is 1. The maximum Gasteiger partial charge on any atom is 0.255 e. The van der Waals surface area contributed by atoms with Crippen LogP contribution in [0.3, 0.4) is 0 Å². The van der Waals surface area contributed by atoms with Crippen molar-refractivity contribution >= 4 is 17.5 Å². The number of rotatable bonds is 1. The maximum atomic E-state index is 12.6. The predicted molar refractivity (Wildman–Crippen MR) is 70.8 cm³/mol. The van der Waals surface area contributed by atoms with Crippen LogP contribution in [-0.2, 0) is 0 Å². The molecule has 2 fully saturated rings. The van der Waals surface area contributed by atoms with Gasteiger partial charge in [0.05, 0.1) is 5.56 Å². The van der Waals surface area contributed by atoms with E-state index in [2.05, 4.69) is 9.88 Å². The monoisotopic (exact) mass is 264 g/mol. The molecule has 3 heterocycles. The topological polar surface area (TPSA) is 33.2 Å². The van der Waals surface area contributed by atoms with Gasteiger partial charge in [-0.05, 0) is 44.2 Å². The third-order valence-corrected chi connectivity index (χ3v) is 4.39. The SMILES string of the molecule is Cc1cncc(C(=O)N2C3CCC2CC(Cl)C3)c1. The molecule has 2 unspecified atom stereocenters. The fourth-order valence-corrected chi connectivity index (χ4v) is 3.67. The van der Waals surface area contributed by atoms with Crippen LogP contribution < -0.4 is 0 Å². The number of alkyl halides is 1. The molecule has 2 atom stereocenters. The number of aryl methyl sites for hydroxylation is 1. The van der Waals surface area contributed by atoms with Gasteiger partial charge >= 0.3 is 0 Å². The van der Waals surface area contributed by atoms with E-state index in [9.17, 15) is 4.79 Å². The third-order valence-electron chi connectivity index (χ3n) is 4.03. The minimum absolute atomic E-state index is 0.127. The summed E-state index contributed by atoms with van der Waals surface area (Å²) in [6, 6.07) is 2.58. The molecule has 96 valence electrons. The van der Waals surface area contributed by atoms with E-state index in [4.69, 9.17) is 11.6 Å². The Labute approximate surface area is 112 Å². The molecule has 3 rings (SSSR count). The smallest absolute Gasteiger partial charge is 0.255 e. The number of hydrogen-bond acceptors (Lipinski definition) is 2. The zero-order valence-corrected chi connectivity index (χ0v) is 11.2. The van der Waals surface area contributed by atoms with Crippen LogP contribution in [0.4, 0.5) is 0 Å². The van der Waals surface area contributed by atoms with E-state index in [1.165, 1.54) is 0 Å². The van der Waals surface area contributed by atoms with Crippen molar-refractivity contribution in [3.05, 3.63) is 29.6 Å². The molecule has 2 aliphatic rings. The molecule has 1 aromatic rings. The fraction of sp³-hybridized carbons (Fsp3) is 0.571. The van der Waals surface area contributed by atoms with E-state index < -0.39 is 0 Å². The van der Waals surface area contributed by atoms with Crippen LogP contribution in [0.5, 0.6) is 0 Å². The zero-order valence-electron chi connectivity index (χ0n) is 10.5. The lowest BCUT2D eigenvalue weighted by Gasteiger charge is -2.37. The number of carbonyl (C=O) groups is 1. The second-order valence-corrected chi connectivity index (χ2v) is 6.03. The summed E-state index contributed by atoms with van der Waals surface area (Å²) in [7, 11) is 0. The average Bonchev–Trinajstić information content (AvgIpc) is 2.61. The first-order chi connectivity index (χ1) is 8.65. The van der Waals surface area contributed by atoms with E-state index in [1.807, 2.05) is 13.0 Å². The van der Waals surface area contributed by atoms with E-state index in [0.717, 1.165) is 31.2 Å². The van der Waals surface area contributed by atoms with E-state index in [1.54, 1.807) is 12.4 Å². The lowest BCUT2D eigenvalue weighted by atomic mass is 10.0. The summed E-state index contributed by atoms with van der Waals surface area (Å²) < 4.78 is 0. The first-order valence-electron chi connectivity index (χ1n) is 6.53. The van der Waals surface area contributed by atoms with Gasteiger partial charge in [-0.15, -0.1) is 11.6 Å². The lowest BCUT2D eigenvalue weighted by Crippen LogP contribution is -2.47. The van der Waals surface area contributed by atoms with Gasteiger partial charge in [0.1, 0.15) is 0 Å². The molecule has 0 aromatic carbocycles. The average molecular weight is 265 g/mol. The molecule has 0 N–H and O–H groups in total. The molecular weight excluding hydrogens is 248 g/mol. The van der Waals surface area contributed by atoms with Crippen molar-refractivity contribution in [1.29, 1.82) is 0 Å². The normalized spacial score (nSPS) is 30.6. The van der Waals surface area contributed by atoms with Crippen LogP contribution >= 0.6 is 11.6 Å².